The number of nitrogens with one attached hydrogen (secondary N) is 1. The number of fused-ring (bicyclic) bond motifs is 1. The van der Waals surface area contributed by atoms with Crippen LogP contribution in [0.4, 0.5) is 0 Å². The average molecular weight is 427 g/mol. The number of hydrogen-bond acceptors (Lipinski definition) is 3. The van der Waals surface area contributed by atoms with E-state index >= 15 is 0 Å². The zero-order valence-electron chi connectivity index (χ0n) is 15.6. The van der Waals surface area contributed by atoms with E-state index in [9.17, 15) is 4.79 Å². The van der Waals surface area contributed by atoms with E-state index < -0.39 is 0 Å². The summed E-state index contributed by atoms with van der Waals surface area (Å²) >= 11 is 3.56. The van der Waals surface area contributed by atoms with E-state index in [0.29, 0.717) is 11.7 Å². The third-order valence-electron chi connectivity index (χ3n) is 4.80. The van der Waals surface area contributed by atoms with Gasteiger partial charge in [0.25, 0.3) is 5.91 Å². The summed E-state index contributed by atoms with van der Waals surface area (Å²) in [5, 5.41) is 6.45. The average Bonchev–Trinajstić information content (AvgIpc) is 2.67. The number of halogens is 1. The molecular weight excluding hydrogens is 404 g/mol. The second-order valence-corrected chi connectivity index (χ2v) is 7.64. The van der Waals surface area contributed by atoms with Gasteiger partial charge in [0, 0.05) is 0 Å². The van der Waals surface area contributed by atoms with Crippen LogP contribution in [0.3, 0.4) is 0 Å². The molecule has 5 heteroatoms. The van der Waals surface area contributed by atoms with Crippen LogP contribution in [0, 0.1) is 5.92 Å². The van der Waals surface area contributed by atoms with Gasteiger partial charge in [-0.25, -0.2) is 5.43 Å². The molecule has 0 aliphatic heterocycles. The summed E-state index contributed by atoms with van der Waals surface area (Å²) in [4.78, 5) is 12.2. The fourth-order valence-corrected chi connectivity index (χ4v) is 3.66. The van der Waals surface area contributed by atoms with Crippen LogP contribution < -0.4 is 10.2 Å². The van der Waals surface area contributed by atoms with Gasteiger partial charge in [-0.2, -0.15) is 5.10 Å². The van der Waals surface area contributed by atoms with Crippen LogP contribution in [0.5, 0.6) is 5.75 Å². The van der Waals surface area contributed by atoms with E-state index in [1.165, 1.54) is 0 Å². The van der Waals surface area contributed by atoms with E-state index in [1.807, 2.05) is 50.2 Å². The normalized spacial score (nSPS) is 18.3. The molecule has 0 aromatic heterocycles. The number of rotatable bonds is 5. The van der Waals surface area contributed by atoms with Crippen LogP contribution in [0.15, 0.2) is 69.8 Å². The van der Waals surface area contributed by atoms with Crippen molar-refractivity contribution in [3.05, 3.63) is 64.7 Å². The summed E-state index contributed by atoms with van der Waals surface area (Å²) in [6, 6.07) is 11.8. The van der Waals surface area contributed by atoms with Crippen molar-refractivity contribution in [2.45, 2.75) is 26.7 Å². The SMILES string of the molecule is C=C(C)C1CC=C(C)/C(=N/NC(=O)COc2ccc3ccccc3c2Br)C1. The first-order chi connectivity index (χ1) is 13.0. The van der Waals surface area contributed by atoms with Crippen molar-refractivity contribution in [2.24, 2.45) is 11.0 Å². The van der Waals surface area contributed by atoms with Gasteiger partial charge in [-0.15, -0.1) is 0 Å². The second kappa shape index (κ2) is 8.53. The van der Waals surface area contributed by atoms with E-state index in [4.69, 9.17) is 4.74 Å². The first-order valence-corrected chi connectivity index (χ1v) is 9.73. The predicted molar refractivity (Wildman–Crippen MR) is 114 cm³/mol. The molecule has 0 saturated heterocycles. The largest absolute Gasteiger partial charge is 0.483 e. The third kappa shape index (κ3) is 4.66. The van der Waals surface area contributed by atoms with Crippen LogP contribution in [0.1, 0.15) is 26.7 Å². The van der Waals surface area contributed by atoms with Crippen LogP contribution in [0.25, 0.3) is 10.8 Å². The molecule has 0 heterocycles. The van der Waals surface area contributed by atoms with Gasteiger partial charge in [0.1, 0.15) is 5.75 Å². The van der Waals surface area contributed by atoms with Crippen LogP contribution in [0.2, 0.25) is 0 Å². The fourth-order valence-electron chi connectivity index (χ4n) is 3.05. The van der Waals surface area contributed by atoms with Gasteiger partial charge in [-0.05, 0) is 70.9 Å². The second-order valence-electron chi connectivity index (χ2n) is 6.85. The number of carbonyl (C=O) groups is 1. The van der Waals surface area contributed by atoms with Gasteiger partial charge in [0.05, 0.1) is 10.2 Å². The summed E-state index contributed by atoms with van der Waals surface area (Å²) in [5.41, 5.74) is 5.75. The van der Waals surface area contributed by atoms with Gasteiger partial charge in [0.15, 0.2) is 6.61 Å². The Labute approximate surface area is 168 Å². The maximum atomic E-state index is 12.2. The molecule has 27 heavy (non-hydrogen) atoms. The maximum Gasteiger partial charge on any atom is 0.277 e. The predicted octanol–water partition coefficient (Wildman–Crippen LogP) is 5.39. The lowest BCUT2D eigenvalue weighted by Gasteiger charge is -2.22. The molecule has 1 atom stereocenters. The molecule has 0 radical (unpaired) electrons. The fraction of sp³-hybridized carbons (Fsp3) is 0.273. The van der Waals surface area contributed by atoms with Crippen molar-refractivity contribution in [1.29, 1.82) is 0 Å². The van der Waals surface area contributed by atoms with Crippen molar-refractivity contribution in [1.82, 2.24) is 5.43 Å². The maximum absolute atomic E-state index is 12.2. The van der Waals surface area contributed by atoms with E-state index in [1.54, 1.807) is 0 Å². The zero-order valence-corrected chi connectivity index (χ0v) is 17.2. The minimum atomic E-state index is -0.284. The summed E-state index contributed by atoms with van der Waals surface area (Å²) in [6.45, 7) is 7.98. The molecule has 0 saturated carbocycles. The van der Waals surface area contributed by atoms with Gasteiger partial charge in [-0.1, -0.05) is 48.6 Å². The molecule has 2 aromatic carbocycles. The molecule has 1 aliphatic carbocycles. The van der Waals surface area contributed by atoms with E-state index in [-0.39, 0.29) is 12.5 Å². The molecule has 0 fully saturated rings. The first kappa shape index (κ1) is 19.4. The van der Waals surface area contributed by atoms with Gasteiger partial charge in [-0.3, -0.25) is 4.79 Å². The first-order valence-electron chi connectivity index (χ1n) is 8.93. The molecule has 2 aromatic rings. The summed E-state index contributed by atoms with van der Waals surface area (Å²) in [5.74, 6) is 0.731. The van der Waals surface area contributed by atoms with Crippen LogP contribution in [-0.2, 0) is 4.79 Å². The molecule has 1 amide bonds. The van der Waals surface area contributed by atoms with Crippen molar-refractivity contribution in [3.63, 3.8) is 0 Å². The van der Waals surface area contributed by atoms with Crippen LogP contribution >= 0.6 is 15.9 Å². The third-order valence-corrected chi connectivity index (χ3v) is 5.62. The minimum absolute atomic E-state index is 0.0968. The van der Waals surface area contributed by atoms with E-state index in [2.05, 4.69) is 39.1 Å². The molecule has 1 unspecified atom stereocenters. The molecule has 1 aliphatic rings. The number of ether oxygens (including phenoxy) is 1. The number of carbonyl (C=O) groups excluding carboxylic acids is 1. The Morgan fingerprint density at radius 2 is 2.11 bits per heavy atom. The number of hydrazone groups is 1. The molecule has 140 valence electrons. The highest BCUT2D eigenvalue weighted by molar-refractivity contribution is 9.10. The molecule has 1 N–H and O–H groups in total. The standard InChI is InChI=1S/C22H23BrN2O2/c1-14(2)17-9-8-15(3)19(12-17)24-25-21(26)13-27-20-11-10-16-6-4-5-7-18(16)22(20)23/h4-8,10-11,17H,1,9,12-13H2,2-3H3,(H,25,26)/b24-19+. The lowest BCUT2D eigenvalue weighted by molar-refractivity contribution is -0.123. The van der Waals surface area contributed by atoms with Gasteiger partial charge in [0.2, 0.25) is 0 Å². The summed E-state index contributed by atoms with van der Waals surface area (Å²) < 4.78 is 6.52. The highest BCUT2D eigenvalue weighted by Gasteiger charge is 2.19. The summed E-state index contributed by atoms with van der Waals surface area (Å²) in [7, 11) is 0. The lowest BCUT2D eigenvalue weighted by atomic mass is 9.85. The Kier molecular flexibility index (Phi) is 6.11. The van der Waals surface area contributed by atoms with Crippen molar-refractivity contribution >= 4 is 38.3 Å². The van der Waals surface area contributed by atoms with Crippen molar-refractivity contribution in [3.8, 4) is 5.75 Å². The molecule has 0 bridgehead atoms. The number of hydrogen-bond donors (Lipinski definition) is 1. The summed E-state index contributed by atoms with van der Waals surface area (Å²) in [6.07, 6.45) is 3.93. The minimum Gasteiger partial charge on any atom is -0.483 e. The zero-order chi connectivity index (χ0) is 19.4. The number of allylic oxidation sites excluding steroid dienone is 3. The molecule has 3 rings (SSSR count). The Balaban J connectivity index is 1.62. The Morgan fingerprint density at radius 3 is 2.89 bits per heavy atom. The Morgan fingerprint density at radius 1 is 1.33 bits per heavy atom. The topological polar surface area (TPSA) is 50.7 Å². The quantitative estimate of drug-likeness (QED) is 0.514. The number of benzene rings is 2. The molecular formula is C22H23BrN2O2. The number of nitrogens with zero attached hydrogens (tertiary/aromatic N) is 1. The molecule has 0 spiro atoms. The van der Waals surface area contributed by atoms with Crippen molar-refractivity contribution in [2.75, 3.05) is 6.61 Å². The monoisotopic (exact) mass is 426 g/mol. The number of amides is 1. The highest BCUT2D eigenvalue weighted by atomic mass is 79.9. The molecule has 4 nitrogen and oxygen atoms in total. The van der Waals surface area contributed by atoms with Gasteiger partial charge < -0.3 is 4.74 Å². The Bertz CT molecular complexity index is 946. The van der Waals surface area contributed by atoms with Gasteiger partial charge >= 0.3 is 0 Å². The Hall–Kier alpha value is -2.40. The smallest absolute Gasteiger partial charge is 0.277 e. The van der Waals surface area contributed by atoms with Crippen molar-refractivity contribution < 1.29 is 9.53 Å². The van der Waals surface area contributed by atoms with E-state index in [0.717, 1.165) is 44.9 Å². The lowest BCUT2D eigenvalue weighted by Crippen LogP contribution is -2.27. The highest BCUT2D eigenvalue weighted by Crippen LogP contribution is 2.33. The van der Waals surface area contributed by atoms with Crippen LogP contribution in [-0.4, -0.2) is 18.2 Å².